The predicted molar refractivity (Wildman–Crippen MR) is 268 cm³/mol. The number of fused-ring (bicyclic) bond motifs is 13. The Kier molecular flexibility index (Phi) is 7.68. The van der Waals surface area contributed by atoms with Gasteiger partial charge in [-0.15, -0.1) is 0 Å². The lowest BCUT2D eigenvalue weighted by Crippen LogP contribution is -2.17. The summed E-state index contributed by atoms with van der Waals surface area (Å²) in [5.74, 6) is 0. The molecule has 1 heterocycles. The zero-order valence-corrected chi connectivity index (χ0v) is 35.2. The van der Waals surface area contributed by atoms with Crippen LogP contribution >= 0.6 is 0 Å². The highest BCUT2D eigenvalue weighted by Gasteiger charge is 2.36. The smallest absolute Gasteiger partial charge is 0.0788 e. The normalized spacial score (nSPS) is 13.0. The van der Waals surface area contributed by atoms with Crippen LogP contribution in [0.3, 0.4) is 0 Å². The van der Waals surface area contributed by atoms with Crippen LogP contribution in [-0.2, 0) is 5.41 Å². The van der Waals surface area contributed by atoms with Crippen molar-refractivity contribution in [3.05, 3.63) is 230 Å². The van der Waals surface area contributed by atoms with Crippen molar-refractivity contribution in [3.63, 3.8) is 0 Å². The summed E-state index contributed by atoms with van der Waals surface area (Å²) in [6, 6.07) is 81.3. The Hall–Kier alpha value is -7.94. The first-order valence-corrected chi connectivity index (χ1v) is 22.0. The Morgan fingerprint density at radius 3 is 1.75 bits per heavy atom. The highest BCUT2D eigenvalue weighted by atomic mass is 15.2. The third kappa shape index (κ3) is 5.25. The maximum Gasteiger partial charge on any atom is 0.0788 e. The number of nitrogens with zero attached hydrogens (tertiary/aromatic N) is 2. The van der Waals surface area contributed by atoms with Crippen molar-refractivity contribution in [1.29, 1.82) is 0 Å². The van der Waals surface area contributed by atoms with Crippen LogP contribution in [0.25, 0.3) is 92.8 Å². The monoisotopic (exact) mass is 802 g/mol. The lowest BCUT2D eigenvalue weighted by molar-refractivity contribution is 0.660. The Morgan fingerprint density at radius 1 is 0.365 bits per heavy atom. The molecular formula is C61H42N2. The predicted octanol–water partition coefficient (Wildman–Crippen LogP) is 16.8. The summed E-state index contributed by atoms with van der Waals surface area (Å²) in [4.78, 5) is 2.53. The van der Waals surface area contributed by atoms with Crippen molar-refractivity contribution in [2.45, 2.75) is 19.3 Å². The quantitative estimate of drug-likeness (QED) is 0.157. The highest BCUT2D eigenvalue weighted by Crippen LogP contribution is 2.53. The molecule has 0 saturated heterocycles. The van der Waals surface area contributed by atoms with Crippen LogP contribution in [0, 0.1) is 0 Å². The zero-order chi connectivity index (χ0) is 41.8. The molecule has 0 bridgehead atoms. The maximum absolute atomic E-state index is 2.58. The van der Waals surface area contributed by atoms with E-state index in [1.54, 1.807) is 0 Å². The first kappa shape index (κ1) is 35.8. The fourth-order valence-electron chi connectivity index (χ4n) is 11.0. The van der Waals surface area contributed by atoms with Crippen molar-refractivity contribution in [3.8, 4) is 27.9 Å². The minimum absolute atomic E-state index is 0.168. The molecule has 0 aliphatic heterocycles. The molecule has 0 saturated carbocycles. The fraction of sp³-hybridized carbons (Fsp3) is 0.0492. The molecule has 11 aromatic carbocycles. The van der Waals surface area contributed by atoms with Gasteiger partial charge in [-0.25, -0.2) is 0 Å². The molecule has 0 amide bonds. The first-order valence-electron chi connectivity index (χ1n) is 22.0. The molecule has 13 rings (SSSR count). The van der Waals surface area contributed by atoms with Crippen molar-refractivity contribution >= 4 is 82.0 Å². The van der Waals surface area contributed by atoms with Crippen LogP contribution in [0.5, 0.6) is 0 Å². The van der Waals surface area contributed by atoms with Gasteiger partial charge in [0.25, 0.3) is 0 Å². The SMILES string of the molecule is CC1(C)c2ccccc2-c2ccc(N(c3ccc4ccccc4c3)c3ccc4c5ccccc5c5ccccc5c4c3-n3c4ccccc4c4ccc(-c5ccccc5)cc43)cc21. The molecule has 0 atom stereocenters. The summed E-state index contributed by atoms with van der Waals surface area (Å²) >= 11 is 0. The lowest BCUT2D eigenvalue weighted by atomic mass is 9.82. The van der Waals surface area contributed by atoms with Crippen LogP contribution in [0.2, 0.25) is 0 Å². The van der Waals surface area contributed by atoms with Crippen LogP contribution in [0.1, 0.15) is 25.0 Å². The second-order valence-corrected chi connectivity index (χ2v) is 17.7. The molecule has 296 valence electrons. The molecular weight excluding hydrogens is 761 g/mol. The number of anilines is 3. The molecule has 1 aliphatic rings. The second-order valence-electron chi connectivity index (χ2n) is 17.7. The van der Waals surface area contributed by atoms with E-state index in [1.807, 2.05) is 0 Å². The third-order valence-corrected chi connectivity index (χ3v) is 13.9. The summed E-state index contributed by atoms with van der Waals surface area (Å²) in [6.45, 7) is 4.76. The Balaban J connectivity index is 1.21. The minimum Gasteiger partial charge on any atom is -0.308 e. The van der Waals surface area contributed by atoms with Gasteiger partial charge in [0.05, 0.1) is 22.4 Å². The van der Waals surface area contributed by atoms with Crippen molar-refractivity contribution in [2.75, 3.05) is 4.90 Å². The molecule has 2 nitrogen and oxygen atoms in total. The Bertz CT molecular complexity index is 3800. The average molecular weight is 803 g/mol. The van der Waals surface area contributed by atoms with E-state index < -0.39 is 0 Å². The lowest BCUT2D eigenvalue weighted by Gasteiger charge is -2.31. The van der Waals surface area contributed by atoms with E-state index in [1.165, 1.54) is 98.3 Å². The van der Waals surface area contributed by atoms with Crippen molar-refractivity contribution in [1.82, 2.24) is 4.57 Å². The van der Waals surface area contributed by atoms with E-state index in [2.05, 4.69) is 242 Å². The Morgan fingerprint density at radius 2 is 0.937 bits per heavy atom. The fourth-order valence-corrected chi connectivity index (χ4v) is 11.0. The molecule has 0 radical (unpaired) electrons. The number of hydrogen-bond donors (Lipinski definition) is 0. The van der Waals surface area contributed by atoms with Gasteiger partial charge in [0.15, 0.2) is 0 Å². The zero-order valence-electron chi connectivity index (χ0n) is 35.2. The molecule has 2 heteroatoms. The molecule has 0 fully saturated rings. The van der Waals surface area contributed by atoms with E-state index in [0.29, 0.717) is 0 Å². The molecule has 0 spiro atoms. The van der Waals surface area contributed by atoms with Crippen LogP contribution in [0.15, 0.2) is 218 Å². The molecule has 12 aromatic rings. The van der Waals surface area contributed by atoms with Gasteiger partial charge in [-0.1, -0.05) is 190 Å². The van der Waals surface area contributed by atoms with Gasteiger partial charge in [0.2, 0.25) is 0 Å². The summed E-state index contributed by atoms with van der Waals surface area (Å²) in [5, 5.41) is 12.3. The van der Waals surface area contributed by atoms with E-state index >= 15 is 0 Å². The topological polar surface area (TPSA) is 8.17 Å². The van der Waals surface area contributed by atoms with Gasteiger partial charge in [-0.2, -0.15) is 0 Å². The average Bonchev–Trinajstić information content (AvgIpc) is 3.79. The van der Waals surface area contributed by atoms with E-state index in [-0.39, 0.29) is 5.41 Å². The highest BCUT2D eigenvalue weighted by molar-refractivity contribution is 6.29. The second kappa shape index (κ2) is 13.5. The van der Waals surface area contributed by atoms with Gasteiger partial charge in [-0.3, -0.25) is 0 Å². The van der Waals surface area contributed by atoms with Crippen LogP contribution in [0.4, 0.5) is 17.1 Å². The van der Waals surface area contributed by atoms with Gasteiger partial charge < -0.3 is 9.47 Å². The summed E-state index contributed by atoms with van der Waals surface area (Å²) in [7, 11) is 0. The molecule has 1 aromatic heterocycles. The van der Waals surface area contributed by atoms with Gasteiger partial charge in [0.1, 0.15) is 0 Å². The van der Waals surface area contributed by atoms with Gasteiger partial charge in [0, 0.05) is 32.9 Å². The number of benzene rings is 11. The van der Waals surface area contributed by atoms with Crippen molar-refractivity contribution < 1.29 is 0 Å². The van der Waals surface area contributed by atoms with Gasteiger partial charge >= 0.3 is 0 Å². The maximum atomic E-state index is 2.58. The molecule has 63 heavy (non-hydrogen) atoms. The number of hydrogen-bond acceptors (Lipinski definition) is 1. The van der Waals surface area contributed by atoms with E-state index in [4.69, 9.17) is 0 Å². The van der Waals surface area contributed by atoms with E-state index in [0.717, 1.165) is 22.7 Å². The first-order chi connectivity index (χ1) is 31.0. The summed E-state index contributed by atoms with van der Waals surface area (Å²) in [6.07, 6.45) is 0. The number of para-hydroxylation sites is 1. The third-order valence-electron chi connectivity index (χ3n) is 13.9. The van der Waals surface area contributed by atoms with Gasteiger partial charge in [-0.05, 0) is 114 Å². The number of rotatable bonds is 5. The molecule has 0 N–H and O–H groups in total. The van der Waals surface area contributed by atoms with E-state index in [9.17, 15) is 0 Å². The minimum atomic E-state index is -0.168. The van der Waals surface area contributed by atoms with Crippen LogP contribution in [-0.4, -0.2) is 4.57 Å². The molecule has 1 aliphatic carbocycles. The Labute approximate surface area is 366 Å². The summed E-state index contributed by atoms with van der Waals surface area (Å²) in [5.41, 5.74) is 14.4. The largest absolute Gasteiger partial charge is 0.308 e. The standard InChI is InChI=1S/C61H42N2/c1-61(2)54-26-14-12-23-48(54)49-33-31-44(38-55(49)61)62(43-30-28-40-18-6-7-19-41(40)36-43)57-35-34-53-47-22-9-8-20-45(47)46-21-10-11-25-52(46)59(53)60(57)63-56-27-15-13-24-50(56)51-32-29-42(37-58(51)63)39-16-4-3-5-17-39/h3-38H,1-2H3. The summed E-state index contributed by atoms with van der Waals surface area (Å²) < 4.78 is 2.58. The number of aromatic nitrogens is 1. The van der Waals surface area contributed by atoms with Crippen LogP contribution < -0.4 is 4.90 Å². The molecule has 0 unspecified atom stereocenters. The van der Waals surface area contributed by atoms with Crippen molar-refractivity contribution in [2.24, 2.45) is 0 Å².